The zero-order valence-electron chi connectivity index (χ0n) is 8.68. The van der Waals surface area contributed by atoms with Crippen molar-refractivity contribution in [3.63, 3.8) is 0 Å². The Morgan fingerprint density at radius 1 is 1.33 bits per heavy atom. The zero-order valence-corrected chi connectivity index (χ0v) is 8.68. The Morgan fingerprint density at radius 2 is 1.92 bits per heavy atom. The van der Waals surface area contributed by atoms with E-state index in [1.54, 1.807) is 0 Å². The molecule has 0 heterocycles. The molecule has 72 valence electrons. The Kier molecular flexibility index (Phi) is 5.77. The molecule has 0 radical (unpaired) electrons. The van der Waals surface area contributed by atoms with Gasteiger partial charge in [-0.25, -0.2) is 0 Å². The fourth-order valence-electron chi connectivity index (χ4n) is 1.27. The molecular formula is C10H21NO. The van der Waals surface area contributed by atoms with Crippen molar-refractivity contribution in [2.24, 2.45) is 5.92 Å². The second-order valence-corrected chi connectivity index (χ2v) is 3.56. The number of hydrogen-bond donors (Lipinski definition) is 1. The van der Waals surface area contributed by atoms with E-state index >= 15 is 0 Å². The Labute approximate surface area is 75.7 Å². The summed E-state index contributed by atoms with van der Waals surface area (Å²) in [5.41, 5.74) is 0. The lowest BCUT2D eigenvalue weighted by Crippen LogP contribution is -2.35. The van der Waals surface area contributed by atoms with Gasteiger partial charge in [0.1, 0.15) is 0 Å². The van der Waals surface area contributed by atoms with Crippen molar-refractivity contribution in [3.05, 3.63) is 0 Å². The molecule has 12 heavy (non-hydrogen) atoms. The molecule has 0 aliphatic carbocycles. The van der Waals surface area contributed by atoms with Gasteiger partial charge in [-0.05, 0) is 26.7 Å². The number of rotatable bonds is 5. The van der Waals surface area contributed by atoms with Gasteiger partial charge in [0.2, 0.25) is 5.91 Å². The van der Waals surface area contributed by atoms with Crippen molar-refractivity contribution in [1.82, 2.24) is 5.32 Å². The molecule has 0 aromatic heterocycles. The minimum absolute atomic E-state index is 0.217. The van der Waals surface area contributed by atoms with Crippen LogP contribution in [0.3, 0.4) is 0 Å². The van der Waals surface area contributed by atoms with E-state index in [1.165, 1.54) is 0 Å². The van der Waals surface area contributed by atoms with Gasteiger partial charge in [-0.15, -0.1) is 0 Å². The SMILES string of the molecule is CCC[C@H](CC)C(=O)NC(C)C. The molecule has 2 heteroatoms. The van der Waals surface area contributed by atoms with Crippen LogP contribution in [0.25, 0.3) is 0 Å². The topological polar surface area (TPSA) is 29.1 Å². The molecule has 0 fully saturated rings. The van der Waals surface area contributed by atoms with Gasteiger partial charge in [-0.1, -0.05) is 20.3 Å². The van der Waals surface area contributed by atoms with E-state index in [4.69, 9.17) is 0 Å². The number of hydrogen-bond acceptors (Lipinski definition) is 1. The Morgan fingerprint density at radius 3 is 2.25 bits per heavy atom. The molecule has 0 aromatic carbocycles. The van der Waals surface area contributed by atoms with Gasteiger partial charge in [0.05, 0.1) is 0 Å². The third-order valence-electron chi connectivity index (χ3n) is 1.93. The molecule has 0 unspecified atom stereocenters. The fraction of sp³-hybridized carbons (Fsp3) is 0.900. The van der Waals surface area contributed by atoms with Crippen molar-refractivity contribution >= 4 is 5.91 Å². The van der Waals surface area contributed by atoms with Crippen molar-refractivity contribution in [1.29, 1.82) is 0 Å². The van der Waals surface area contributed by atoms with Gasteiger partial charge >= 0.3 is 0 Å². The van der Waals surface area contributed by atoms with E-state index in [0.717, 1.165) is 19.3 Å². The van der Waals surface area contributed by atoms with E-state index in [2.05, 4.69) is 19.2 Å². The lowest BCUT2D eigenvalue weighted by atomic mass is 10.00. The normalized spacial score (nSPS) is 13.1. The van der Waals surface area contributed by atoms with E-state index in [-0.39, 0.29) is 17.9 Å². The summed E-state index contributed by atoms with van der Waals surface area (Å²) in [6.07, 6.45) is 3.05. The van der Waals surface area contributed by atoms with Gasteiger partial charge < -0.3 is 5.32 Å². The minimum Gasteiger partial charge on any atom is -0.354 e. The van der Waals surface area contributed by atoms with E-state index in [0.29, 0.717) is 0 Å². The van der Waals surface area contributed by atoms with Crippen molar-refractivity contribution < 1.29 is 4.79 Å². The summed E-state index contributed by atoms with van der Waals surface area (Å²) in [5, 5.41) is 2.94. The summed E-state index contributed by atoms with van der Waals surface area (Å²) >= 11 is 0. The summed E-state index contributed by atoms with van der Waals surface area (Å²) in [4.78, 5) is 11.5. The maximum Gasteiger partial charge on any atom is 0.223 e. The van der Waals surface area contributed by atoms with Crippen LogP contribution in [0, 0.1) is 5.92 Å². The highest BCUT2D eigenvalue weighted by Gasteiger charge is 2.15. The molecule has 0 rings (SSSR count). The monoisotopic (exact) mass is 171 g/mol. The van der Waals surface area contributed by atoms with Crippen LogP contribution in [0.15, 0.2) is 0 Å². The highest BCUT2D eigenvalue weighted by molar-refractivity contribution is 5.78. The van der Waals surface area contributed by atoms with Crippen molar-refractivity contribution in [3.8, 4) is 0 Å². The average Bonchev–Trinajstić information content (AvgIpc) is 1.98. The van der Waals surface area contributed by atoms with E-state index < -0.39 is 0 Å². The largest absolute Gasteiger partial charge is 0.354 e. The second kappa shape index (κ2) is 6.04. The standard InChI is InChI=1S/C10H21NO/c1-5-7-9(6-2)10(12)11-8(3)4/h8-9H,5-7H2,1-4H3,(H,11,12)/t9-/m0/s1. The third-order valence-corrected chi connectivity index (χ3v) is 1.93. The molecule has 0 aliphatic rings. The summed E-state index contributed by atoms with van der Waals surface area (Å²) < 4.78 is 0. The van der Waals surface area contributed by atoms with Gasteiger partial charge in [-0.3, -0.25) is 4.79 Å². The molecular weight excluding hydrogens is 150 g/mol. The van der Waals surface area contributed by atoms with Crippen molar-refractivity contribution in [2.75, 3.05) is 0 Å². The third kappa shape index (κ3) is 4.37. The lowest BCUT2D eigenvalue weighted by molar-refractivity contribution is -0.125. The maximum absolute atomic E-state index is 11.5. The van der Waals surface area contributed by atoms with Crippen LogP contribution in [0.2, 0.25) is 0 Å². The molecule has 1 N–H and O–H groups in total. The van der Waals surface area contributed by atoms with Crippen LogP contribution >= 0.6 is 0 Å². The molecule has 0 bridgehead atoms. The van der Waals surface area contributed by atoms with Gasteiger partial charge in [0.25, 0.3) is 0 Å². The van der Waals surface area contributed by atoms with Crippen LogP contribution < -0.4 is 5.32 Å². The van der Waals surface area contributed by atoms with Gasteiger partial charge in [0, 0.05) is 12.0 Å². The summed E-state index contributed by atoms with van der Waals surface area (Å²) in [6, 6.07) is 0.267. The highest BCUT2D eigenvalue weighted by Crippen LogP contribution is 2.10. The molecule has 1 atom stereocenters. The Balaban J connectivity index is 3.85. The first-order valence-electron chi connectivity index (χ1n) is 4.92. The number of nitrogens with one attached hydrogen (secondary N) is 1. The van der Waals surface area contributed by atoms with Crippen LogP contribution in [0.1, 0.15) is 47.0 Å². The van der Waals surface area contributed by atoms with Gasteiger partial charge in [0.15, 0.2) is 0 Å². The minimum atomic E-state index is 0.217. The summed E-state index contributed by atoms with van der Waals surface area (Å²) in [6.45, 7) is 8.18. The van der Waals surface area contributed by atoms with Gasteiger partial charge in [-0.2, -0.15) is 0 Å². The summed E-state index contributed by atoms with van der Waals surface area (Å²) in [7, 11) is 0. The Bertz CT molecular complexity index is 132. The first-order valence-corrected chi connectivity index (χ1v) is 4.92. The summed E-state index contributed by atoms with van der Waals surface area (Å²) in [5.74, 6) is 0.437. The van der Waals surface area contributed by atoms with E-state index in [9.17, 15) is 4.79 Å². The predicted octanol–water partition coefficient (Wildman–Crippen LogP) is 2.34. The number of carbonyl (C=O) groups is 1. The van der Waals surface area contributed by atoms with E-state index in [1.807, 2.05) is 13.8 Å². The molecule has 0 aromatic rings. The second-order valence-electron chi connectivity index (χ2n) is 3.56. The molecule has 0 saturated carbocycles. The van der Waals surface area contributed by atoms with Crippen LogP contribution in [0.4, 0.5) is 0 Å². The number of amides is 1. The highest BCUT2D eigenvalue weighted by atomic mass is 16.1. The number of carbonyl (C=O) groups excluding carboxylic acids is 1. The smallest absolute Gasteiger partial charge is 0.223 e. The lowest BCUT2D eigenvalue weighted by Gasteiger charge is -2.15. The van der Waals surface area contributed by atoms with Crippen LogP contribution in [0.5, 0.6) is 0 Å². The quantitative estimate of drug-likeness (QED) is 0.676. The van der Waals surface area contributed by atoms with Crippen molar-refractivity contribution in [2.45, 2.75) is 53.0 Å². The maximum atomic E-state index is 11.5. The first-order chi connectivity index (χ1) is 5.61. The average molecular weight is 171 g/mol. The fourth-order valence-corrected chi connectivity index (χ4v) is 1.27. The molecule has 1 amide bonds. The molecule has 2 nitrogen and oxygen atoms in total. The molecule has 0 spiro atoms. The Hall–Kier alpha value is -0.530. The first kappa shape index (κ1) is 11.5. The van der Waals surface area contributed by atoms with Crippen LogP contribution in [-0.2, 0) is 4.79 Å². The zero-order chi connectivity index (χ0) is 9.56. The molecule has 0 aliphatic heterocycles. The molecule has 0 saturated heterocycles. The van der Waals surface area contributed by atoms with Crippen LogP contribution in [-0.4, -0.2) is 11.9 Å². The predicted molar refractivity (Wildman–Crippen MR) is 52.0 cm³/mol.